The first-order valence-electron chi connectivity index (χ1n) is 6.01. The van der Waals surface area contributed by atoms with E-state index in [0.29, 0.717) is 0 Å². The van der Waals surface area contributed by atoms with E-state index < -0.39 is 17.6 Å². The maximum absolute atomic E-state index is 12.0. The van der Waals surface area contributed by atoms with Crippen LogP contribution in [-0.4, -0.2) is 11.6 Å². The molecular weight excluding hydrogens is 226 g/mol. The van der Waals surface area contributed by atoms with Crippen molar-refractivity contribution in [2.45, 2.75) is 32.4 Å². The van der Waals surface area contributed by atoms with Crippen molar-refractivity contribution in [1.29, 1.82) is 0 Å². The Morgan fingerprint density at radius 3 is 2.33 bits per heavy atom. The largest absolute Gasteiger partial charge is 0.459 e. The van der Waals surface area contributed by atoms with Crippen LogP contribution in [-0.2, 0) is 9.53 Å². The maximum atomic E-state index is 12.0. The summed E-state index contributed by atoms with van der Waals surface area (Å²) < 4.78 is 5.34. The fourth-order valence-electron chi connectivity index (χ4n) is 1.64. The summed E-state index contributed by atoms with van der Waals surface area (Å²) in [7, 11) is 0. The second-order valence-electron chi connectivity index (χ2n) is 5.23. The molecule has 0 heterocycles. The van der Waals surface area contributed by atoms with Crippen molar-refractivity contribution in [3.63, 3.8) is 0 Å². The number of hydrogen-bond acceptors (Lipinski definition) is 3. The molecule has 1 aromatic rings. The molecule has 0 spiro atoms. The van der Waals surface area contributed by atoms with Crippen molar-refractivity contribution >= 4 is 5.97 Å². The highest BCUT2D eigenvalue weighted by Gasteiger charge is 2.28. The summed E-state index contributed by atoms with van der Waals surface area (Å²) in [4.78, 5) is 12.0. The number of nitrogens with two attached hydrogens (primary N) is 1. The van der Waals surface area contributed by atoms with Gasteiger partial charge in [-0.1, -0.05) is 36.4 Å². The lowest BCUT2D eigenvalue weighted by Crippen LogP contribution is -2.33. The van der Waals surface area contributed by atoms with Gasteiger partial charge >= 0.3 is 5.97 Å². The van der Waals surface area contributed by atoms with Crippen LogP contribution < -0.4 is 5.73 Å². The highest BCUT2D eigenvalue weighted by Crippen LogP contribution is 2.23. The van der Waals surface area contributed by atoms with Gasteiger partial charge in [0.25, 0.3) is 0 Å². The zero-order chi connectivity index (χ0) is 13.8. The van der Waals surface area contributed by atoms with Gasteiger partial charge in [0.05, 0.1) is 5.92 Å². The Labute approximate surface area is 109 Å². The van der Waals surface area contributed by atoms with Gasteiger partial charge in [-0.25, -0.2) is 0 Å². The van der Waals surface area contributed by atoms with E-state index in [9.17, 15) is 4.79 Å². The van der Waals surface area contributed by atoms with Crippen LogP contribution >= 0.6 is 0 Å². The summed E-state index contributed by atoms with van der Waals surface area (Å²) in [5.41, 5.74) is 6.47. The standard InChI is InChI=1S/C15H21NO2/c1-5-12(14(17)18-15(2,3)4)13(16)11-9-7-6-8-10-11/h5-10,12-13H,1,16H2,2-4H3. The molecule has 18 heavy (non-hydrogen) atoms. The first-order chi connectivity index (χ1) is 8.35. The summed E-state index contributed by atoms with van der Waals surface area (Å²) in [6.07, 6.45) is 1.55. The minimum atomic E-state index is -0.536. The molecule has 0 fully saturated rings. The molecule has 3 nitrogen and oxygen atoms in total. The Hall–Kier alpha value is -1.61. The summed E-state index contributed by atoms with van der Waals surface area (Å²) in [6.45, 7) is 9.18. The van der Waals surface area contributed by atoms with Crippen LogP contribution in [0.2, 0.25) is 0 Å². The quantitative estimate of drug-likeness (QED) is 0.657. The van der Waals surface area contributed by atoms with Crippen molar-refractivity contribution in [2.75, 3.05) is 0 Å². The monoisotopic (exact) mass is 247 g/mol. The van der Waals surface area contributed by atoms with Crippen LogP contribution in [0.1, 0.15) is 32.4 Å². The van der Waals surface area contributed by atoms with E-state index >= 15 is 0 Å². The van der Waals surface area contributed by atoms with Gasteiger partial charge in [0, 0.05) is 6.04 Å². The predicted octanol–water partition coefficient (Wildman–Crippen LogP) is 2.83. The van der Waals surface area contributed by atoms with E-state index in [1.807, 2.05) is 51.1 Å². The van der Waals surface area contributed by atoms with Crippen LogP contribution in [0.5, 0.6) is 0 Å². The first kappa shape index (κ1) is 14.5. The fraction of sp³-hybridized carbons (Fsp3) is 0.400. The first-order valence-corrected chi connectivity index (χ1v) is 6.01. The third kappa shape index (κ3) is 4.00. The molecule has 0 aliphatic heterocycles. The molecule has 0 aromatic heterocycles. The Morgan fingerprint density at radius 1 is 1.33 bits per heavy atom. The molecule has 0 aliphatic carbocycles. The molecule has 2 unspecified atom stereocenters. The molecule has 0 saturated heterocycles. The lowest BCUT2D eigenvalue weighted by molar-refractivity contribution is -0.158. The Bertz CT molecular complexity index is 406. The molecule has 2 N–H and O–H groups in total. The number of carbonyl (C=O) groups is 1. The molecule has 2 atom stereocenters. The molecule has 0 amide bonds. The Kier molecular flexibility index (Phi) is 4.68. The lowest BCUT2D eigenvalue weighted by Gasteiger charge is -2.25. The number of rotatable bonds is 4. The van der Waals surface area contributed by atoms with Gasteiger partial charge in [-0.3, -0.25) is 4.79 Å². The number of ether oxygens (including phenoxy) is 1. The van der Waals surface area contributed by atoms with Crippen molar-refractivity contribution < 1.29 is 9.53 Å². The normalized spacial score (nSPS) is 14.7. The Balaban J connectivity index is 2.84. The third-order valence-electron chi connectivity index (χ3n) is 2.50. The van der Waals surface area contributed by atoms with Gasteiger partial charge < -0.3 is 10.5 Å². The number of esters is 1. The topological polar surface area (TPSA) is 52.3 Å². The molecule has 98 valence electrons. The van der Waals surface area contributed by atoms with E-state index in [0.717, 1.165) is 5.56 Å². The van der Waals surface area contributed by atoms with Crippen LogP contribution in [0.25, 0.3) is 0 Å². The SMILES string of the molecule is C=CC(C(=O)OC(C)(C)C)C(N)c1ccccc1. The molecule has 0 aliphatic rings. The van der Waals surface area contributed by atoms with Gasteiger partial charge in [-0.15, -0.1) is 6.58 Å². The maximum Gasteiger partial charge on any atom is 0.315 e. The minimum absolute atomic E-state index is 0.339. The van der Waals surface area contributed by atoms with Gasteiger partial charge in [0.15, 0.2) is 0 Å². The van der Waals surface area contributed by atoms with Gasteiger partial charge in [-0.05, 0) is 26.3 Å². The van der Waals surface area contributed by atoms with Gasteiger partial charge in [0.1, 0.15) is 5.60 Å². The summed E-state index contributed by atoms with van der Waals surface area (Å²) in [5.74, 6) is -0.875. The van der Waals surface area contributed by atoms with Crippen molar-refractivity contribution in [3.05, 3.63) is 48.6 Å². The molecule has 0 radical (unpaired) electrons. The summed E-state index contributed by atoms with van der Waals surface area (Å²) in [5, 5.41) is 0. The molecular formula is C15H21NO2. The summed E-state index contributed by atoms with van der Waals surface area (Å²) in [6, 6.07) is 9.05. The molecule has 0 saturated carbocycles. The summed E-state index contributed by atoms with van der Waals surface area (Å²) >= 11 is 0. The van der Waals surface area contributed by atoms with Gasteiger partial charge in [0.2, 0.25) is 0 Å². The molecule has 1 aromatic carbocycles. The average molecular weight is 247 g/mol. The third-order valence-corrected chi connectivity index (χ3v) is 2.50. The zero-order valence-corrected chi connectivity index (χ0v) is 11.2. The fourth-order valence-corrected chi connectivity index (χ4v) is 1.64. The molecule has 1 rings (SSSR count). The van der Waals surface area contributed by atoms with E-state index in [1.54, 1.807) is 6.08 Å². The molecule has 3 heteroatoms. The highest BCUT2D eigenvalue weighted by molar-refractivity contribution is 5.76. The highest BCUT2D eigenvalue weighted by atomic mass is 16.6. The van der Waals surface area contributed by atoms with Crippen LogP contribution in [0.4, 0.5) is 0 Å². The van der Waals surface area contributed by atoms with Gasteiger partial charge in [-0.2, -0.15) is 0 Å². The van der Waals surface area contributed by atoms with E-state index in [4.69, 9.17) is 10.5 Å². The van der Waals surface area contributed by atoms with Crippen LogP contribution in [0, 0.1) is 5.92 Å². The average Bonchev–Trinajstić information content (AvgIpc) is 2.28. The number of hydrogen-bond donors (Lipinski definition) is 1. The number of carbonyl (C=O) groups excluding carboxylic acids is 1. The van der Waals surface area contributed by atoms with Crippen molar-refractivity contribution in [2.24, 2.45) is 11.7 Å². The lowest BCUT2D eigenvalue weighted by atomic mass is 9.93. The molecule has 0 bridgehead atoms. The Morgan fingerprint density at radius 2 is 1.89 bits per heavy atom. The van der Waals surface area contributed by atoms with Crippen molar-refractivity contribution in [1.82, 2.24) is 0 Å². The van der Waals surface area contributed by atoms with E-state index in [2.05, 4.69) is 6.58 Å². The predicted molar refractivity (Wildman–Crippen MR) is 72.9 cm³/mol. The smallest absolute Gasteiger partial charge is 0.315 e. The second-order valence-corrected chi connectivity index (χ2v) is 5.23. The van der Waals surface area contributed by atoms with E-state index in [1.165, 1.54) is 0 Å². The van der Waals surface area contributed by atoms with Crippen LogP contribution in [0.15, 0.2) is 43.0 Å². The minimum Gasteiger partial charge on any atom is -0.459 e. The second kappa shape index (κ2) is 5.83. The number of benzene rings is 1. The van der Waals surface area contributed by atoms with Crippen molar-refractivity contribution in [3.8, 4) is 0 Å². The van der Waals surface area contributed by atoms with E-state index in [-0.39, 0.29) is 5.97 Å². The zero-order valence-electron chi connectivity index (χ0n) is 11.2. The van der Waals surface area contributed by atoms with Crippen LogP contribution in [0.3, 0.4) is 0 Å².